The summed E-state index contributed by atoms with van der Waals surface area (Å²) in [6.45, 7) is 0. The molecule has 0 saturated carbocycles. The molecule has 5 heteroatoms. The summed E-state index contributed by atoms with van der Waals surface area (Å²) in [6.07, 6.45) is 2.58. The molecule has 1 amide bonds. The molecule has 1 aliphatic carbocycles. The standard InChI is InChI=1S/C17H15BrFNO2/c1-22-16-10(7-11(19)8-14(16)17(20)21)6-9-2-5-15(18)13-4-3-12(9)13/h2,5,7-8H,3-4,6H2,1H3,(H2,20,21). The van der Waals surface area contributed by atoms with Gasteiger partial charge in [0.2, 0.25) is 0 Å². The number of fused-ring (bicyclic) bond motifs is 1. The van der Waals surface area contributed by atoms with E-state index in [4.69, 9.17) is 10.5 Å². The van der Waals surface area contributed by atoms with Crippen molar-refractivity contribution in [2.45, 2.75) is 19.3 Å². The summed E-state index contributed by atoms with van der Waals surface area (Å²) in [6, 6.07) is 6.55. The van der Waals surface area contributed by atoms with Crippen molar-refractivity contribution in [2.75, 3.05) is 7.11 Å². The number of ether oxygens (including phenoxy) is 1. The highest BCUT2D eigenvalue weighted by Gasteiger charge is 2.22. The summed E-state index contributed by atoms with van der Waals surface area (Å²) in [5.74, 6) is -0.827. The summed E-state index contributed by atoms with van der Waals surface area (Å²) in [5.41, 5.74) is 9.75. The third kappa shape index (κ3) is 2.50. The zero-order chi connectivity index (χ0) is 15.9. The van der Waals surface area contributed by atoms with Crippen LogP contribution in [0, 0.1) is 5.82 Å². The van der Waals surface area contributed by atoms with Crippen LogP contribution in [0.15, 0.2) is 28.7 Å². The van der Waals surface area contributed by atoms with Crippen molar-refractivity contribution in [3.8, 4) is 5.75 Å². The normalized spacial score (nSPS) is 12.5. The molecular formula is C17H15BrFNO2. The molecule has 0 atom stereocenters. The fraction of sp³-hybridized carbons (Fsp3) is 0.235. The fourth-order valence-electron chi connectivity index (χ4n) is 2.94. The maximum absolute atomic E-state index is 13.8. The highest BCUT2D eigenvalue weighted by atomic mass is 79.9. The van der Waals surface area contributed by atoms with Gasteiger partial charge >= 0.3 is 0 Å². The van der Waals surface area contributed by atoms with E-state index < -0.39 is 11.7 Å². The van der Waals surface area contributed by atoms with Crippen molar-refractivity contribution < 1.29 is 13.9 Å². The van der Waals surface area contributed by atoms with E-state index in [1.54, 1.807) is 0 Å². The molecule has 0 bridgehead atoms. The number of halogens is 2. The number of carbonyl (C=O) groups excluding carboxylic acids is 1. The maximum Gasteiger partial charge on any atom is 0.252 e. The SMILES string of the molecule is COc1c(Cc2ccc(Br)c3c2CC3)cc(F)cc1C(N)=O. The van der Waals surface area contributed by atoms with Crippen molar-refractivity contribution in [1.82, 2.24) is 0 Å². The molecule has 114 valence electrons. The Morgan fingerprint density at radius 1 is 1.27 bits per heavy atom. The number of methoxy groups -OCH3 is 1. The third-order valence-corrected chi connectivity index (χ3v) is 4.82. The van der Waals surface area contributed by atoms with Gasteiger partial charge in [-0.15, -0.1) is 0 Å². The van der Waals surface area contributed by atoms with Crippen LogP contribution >= 0.6 is 15.9 Å². The average molecular weight is 364 g/mol. The van der Waals surface area contributed by atoms with Gasteiger partial charge in [-0.05, 0) is 47.7 Å². The highest BCUT2D eigenvalue weighted by molar-refractivity contribution is 9.10. The van der Waals surface area contributed by atoms with Gasteiger partial charge in [0, 0.05) is 16.5 Å². The quantitative estimate of drug-likeness (QED) is 0.904. The van der Waals surface area contributed by atoms with Gasteiger partial charge < -0.3 is 10.5 Å². The minimum absolute atomic E-state index is 0.0773. The first-order valence-electron chi connectivity index (χ1n) is 6.96. The molecule has 22 heavy (non-hydrogen) atoms. The van der Waals surface area contributed by atoms with Crippen LogP contribution in [0.2, 0.25) is 0 Å². The lowest BCUT2D eigenvalue weighted by Crippen LogP contribution is -2.16. The number of amides is 1. The number of primary amides is 1. The fourth-order valence-corrected chi connectivity index (χ4v) is 3.51. The molecule has 0 spiro atoms. The van der Waals surface area contributed by atoms with Crippen molar-refractivity contribution >= 4 is 21.8 Å². The molecule has 0 aromatic heterocycles. The summed E-state index contributed by atoms with van der Waals surface area (Å²) in [4.78, 5) is 11.5. The van der Waals surface area contributed by atoms with E-state index in [0.717, 1.165) is 28.9 Å². The van der Waals surface area contributed by atoms with Crippen LogP contribution in [0.25, 0.3) is 0 Å². The van der Waals surface area contributed by atoms with E-state index in [0.29, 0.717) is 17.7 Å². The molecule has 2 N–H and O–H groups in total. The van der Waals surface area contributed by atoms with Crippen molar-refractivity contribution in [3.05, 3.63) is 62.4 Å². The van der Waals surface area contributed by atoms with Gasteiger partial charge in [0.1, 0.15) is 11.6 Å². The van der Waals surface area contributed by atoms with E-state index >= 15 is 0 Å². The Morgan fingerprint density at radius 3 is 2.59 bits per heavy atom. The first-order chi connectivity index (χ1) is 10.5. The molecule has 0 unspecified atom stereocenters. The molecule has 1 aliphatic rings. The molecule has 0 radical (unpaired) electrons. The largest absolute Gasteiger partial charge is 0.496 e. The summed E-state index contributed by atoms with van der Waals surface area (Å²) in [7, 11) is 1.46. The number of benzene rings is 2. The summed E-state index contributed by atoms with van der Waals surface area (Å²) >= 11 is 3.54. The predicted molar refractivity (Wildman–Crippen MR) is 85.8 cm³/mol. The summed E-state index contributed by atoms with van der Waals surface area (Å²) < 4.78 is 20.2. The van der Waals surface area contributed by atoms with E-state index in [1.807, 2.05) is 12.1 Å². The lowest BCUT2D eigenvalue weighted by molar-refractivity contribution is 0.0996. The topological polar surface area (TPSA) is 52.3 Å². The van der Waals surface area contributed by atoms with E-state index in [2.05, 4.69) is 15.9 Å². The second-order valence-electron chi connectivity index (χ2n) is 5.35. The average Bonchev–Trinajstić information content (AvgIpc) is 2.41. The Bertz CT molecular complexity index is 774. The molecule has 3 nitrogen and oxygen atoms in total. The Hall–Kier alpha value is -1.88. The van der Waals surface area contributed by atoms with Crippen molar-refractivity contribution in [1.29, 1.82) is 0 Å². The maximum atomic E-state index is 13.8. The first kappa shape index (κ1) is 15.0. The highest BCUT2D eigenvalue weighted by Crippen LogP contribution is 2.36. The minimum Gasteiger partial charge on any atom is -0.496 e. The van der Waals surface area contributed by atoms with Gasteiger partial charge in [0.15, 0.2) is 0 Å². The van der Waals surface area contributed by atoms with Gasteiger partial charge in [0.25, 0.3) is 5.91 Å². The Morgan fingerprint density at radius 2 is 2.00 bits per heavy atom. The molecule has 0 saturated heterocycles. The Kier molecular flexibility index (Phi) is 3.91. The predicted octanol–water partition coefficient (Wildman–Crippen LogP) is 3.39. The second kappa shape index (κ2) is 5.72. The monoisotopic (exact) mass is 363 g/mol. The molecular weight excluding hydrogens is 349 g/mol. The molecule has 0 aliphatic heterocycles. The van der Waals surface area contributed by atoms with Crippen LogP contribution < -0.4 is 10.5 Å². The first-order valence-corrected chi connectivity index (χ1v) is 7.76. The van der Waals surface area contributed by atoms with Crippen molar-refractivity contribution in [3.63, 3.8) is 0 Å². The zero-order valence-electron chi connectivity index (χ0n) is 12.1. The Balaban J connectivity index is 2.06. The van der Waals surface area contributed by atoms with Crippen LogP contribution in [0.1, 0.15) is 32.6 Å². The van der Waals surface area contributed by atoms with Gasteiger partial charge in [0.05, 0.1) is 12.7 Å². The van der Waals surface area contributed by atoms with E-state index in [1.165, 1.54) is 24.3 Å². The third-order valence-electron chi connectivity index (χ3n) is 4.08. The molecule has 2 aromatic carbocycles. The second-order valence-corrected chi connectivity index (χ2v) is 6.20. The number of hydrogen-bond acceptors (Lipinski definition) is 2. The van der Waals surface area contributed by atoms with Gasteiger partial charge in [-0.3, -0.25) is 4.79 Å². The molecule has 2 aromatic rings. The molecule has 0 fully saturated rings. The lowest BCUT2D eigenvalue weighted by atomic mass is 9.82. The zero-order valence-corrected chi connectivity index (χ0v) is 13.7. The van der Waals surface area contributed by atoms with Gasteiger partial charge in [-0.1, -0.05) is 22.0 Å². The lowest BCUT2D eigenvalue weighted by Gasteiger charge is -2.24. The molecule has 0 heterocycles. The molecule has 3 rings (SSSR count). The number of carbonyl (C=O) groups is 1. The van der Waals surface area contributed by atoms with Crippen LogP contribution in [0.5, 0.6) is 5.75 Å². The number of nitrogens with two attached hydrogens (primary N) is 1. The summed E-state index contributed by atoms with van der Waals surface area (Å²) in [5, 5.41) is 0. The smallest absolute Gasteiger partial charge is 0.252 e. The van der Waals surface area contributed by atoms with E-state index in [-0.39, 0.29) is 5.56 Å². The number of hydrogen-bond donors (Lipinski definition) is 1. The van der Waals surface area contributed by atoms with Crippen LogP contribution in [-0.2, 0) is 19.3 Å². The number of rotatable bonds is 4. The van der Waals surface area contributed by atoms with Crippen LogP contribution in [0.4, 0.5) is 4.39 Å². The Labute approximate surface area is 136 Å². The van der Waals surface area contributed by atoms with Crippen LogP contribution in [0.3, 0.4) is 0 Å². The van der Waals surface area contributed by atoms with Gasteiger partial charge in [-0.2, -0.15) is 0 Å². The van der Waals surface area contributed by atoms with E-state index in [9.17, 15) is 9.18 Å². The van der Waals surface area contributed by atoms with Gasteiger partial charge in [-0.25, -0.2) is 4.39 Å². The van der Waals surface area contributed by atoms with Crippen molar-refractivity contribution in [2.24, 2.45) is 5.73 Å². The van der Waals surface area contributed by atoms with Crippen LogP contribution in [-0.4, -0.2) is 13.0 Å². The minimum atomic E-state index is -0.693.